The second-order valence-electron chi connectivity index (χ2n) is 4.49. The third kappa shape index (κ3) is 3.57. The predicted molar refractivity (Wildman–Crippen MR) is 70.0 cm³/mol. The summed E-state index contributed by atoms with van der Waals surface area (Å²) in [5, 5.41) is 12.8. The fraction of sp³-hybridized carbons (Fsp3) is 0.500. The number of carbonyl (C=O) groups is 1. The van der Waals surface area contributed by atoms with Crippen LogP contribution in [0.15, 0.2) is 12.1 Å². The van der Waals surface area contributed by atoms with Crippen LogP contribution in [0.2, 0.25) is 10.3 Å². The standard InChI is InChI=1S/C12H14Cl2N2O2/c13-10-4-7(5-11(14)16-10)12(18)15-8-2-1-3-9(17)6-8/h4-5,8-9,17H,1-3,6H2,(H,15,18). The van der Waals surface area contributed by atoms with E-state index in [1.54, 1.807) is 0 Å². The van der Waals surface area contributed by atoms with Crippen molar-refractivity contribution in [3.05, 3.63) is 28.0 Å². The van der Waals surface area contributed by atoms with Gasteiger partial charge in [0.05, 0.1) is 6.10 Å². The third-order valence-electron chi connectivity index (χ3n) is 3.01. The summed E-state index contributed by atoms with van der Waals surface area (Å²) in [6.07, 6.45) is 2.88. The topological polar surface area (TPSA) is 62.2 Å². The lowest BCUT2D eigenvalue weighted by Crippen LogP contribution is -2.39. The van der Waals surface area contributed by atoms with E-state index in [1.807, 2.05) is 0 Å². The van der Waals surface area contributed by atoms with E-state index in [0.29, 0.717) is 12.0 Å². The van der Waals surface area contributed by atoms with Gasteiger partial charge in [-0.1, -0.05) is 23.2 Å². The number of carbonyl (C=O) groups excluding carboxylic acids is 1. The number of hydrogen-bond acceptors (Lipinski definition) is 3. The van der Waals surface area contributed by atoms with E-state index >= 15 is 0 Å². The van der Waals surface area contributed by atoms with Gasteiger partial charge >= 0.3 is 0 Å². The van der Waals surface area contributed by atoms with Gasteiger partial charge in [0, 0.05) is 11.6 Å². The second-order valence-corrected chi connectivity index (χ2v) is 5.27. The molecule has 98 valence electrons. The number of rotatable bonds is 2. The molecule has 1 aliphatic carbocycles. The third-order valence-corrected chi connectivity index (χ3v) is 3.39. The zero-order valence-electron chi connectivity index (χ0n) is 9.70. The highest BCUT2D eigenvalue weighted by Crippen LogP contribution is 2.19. The molecule has 2 rings (SSSR count). The molecule has 0 aliphatic heterocycles. The molecule has 6 heteroatoms. The van der Waals surface area contributed by atoms with Crippen molar-refractivity contribution in [2.24, 2.45) is 0 Å². The van der Waals surface area contributed by atoms with Gasteiger partial charge in [0.25, 0.3) is 5.91 Å². The van der Waals surface area contributed by atoms with Crippen LogP contribution in [0, 0.1) is 0 Å². The normalized spacial score (nSPS) is 23.7. The molecule has 1 heterocycles. The quantitative estimate of drug-likeness (QED) is 0.822. The molecule has 0 aromatic carbocycles. The highest BCUT2D eigenvalue weighted by molar-refractivity contribution is 6.33. The first-order valence-corrected chi connectivity index (χ1v) is 6.62. The summed E-state index contributed by atoms with van der Waals surface area (Å²) in [6, 6.07) is 2.95. The van der Waals surface area contributed by atoms with E-state index in [2.05, 4.69) is 10.3 Å². The lowest BCUT2D eigenvalue weighted by molar-refractivity contribution is 0.0849. The van der Waals surface area contributed by atoms with Crippen LogP contribution in [0.3, 0.4) is 0 Å². The number of aliphatic hydroxyl groups excluding tert-OH is 1. The van der Waals surface area contributed by atoms with Crippen LogP contribution in [0.1, 0.15) is 36.0 Å². The Morgan fingerprint density at radius 3 is 2.61 bits per heavy atom. The molecule has 2 unspecified atom stereocenters. The minimum atomic E-state index is -0.325. The number of hydrogen-bond donors (Lipinski definition) is 2. The van der Waals surface area contributed by atoms with Crippen molar-refractivity contribution in [3.8, 4) is 0 Å². The zero-order chi connectivity index (χ0) is 13.1. The van der Waals surface area contributed by atoms with Crippen molar-refractivity contribution in [2.75, 3.05) is 0 Å². The molecule has 18 heavy (non-hydrogen) atoms. The fourth-order valence-corrected chi connectivity index (χ4v) is 2.62. The molecule has 0 spiro atoms. The molecule has 1 aromatic heterocycles. The van der Waals surface area contributed by atoms with Crippen LogP contribution >= 0.6 is 23.2 Å². The van der Waals surface area contributed by atoms with Crippen LogP contribution in [0.4, 0.5) is 0 Å². The largest absolute Gasteiger partial charge is 0.393 e. The van der Waals surface area contributed by atoms with Crippen LogP contribution < -0.4 is 5.32 Å². The summed E-state index contributed by atoms with van der Waals surface area (Å²) < 4.78 is 0. The van der Waals surface area contributed by atoms with Crippen LogP contribution in [0.25, 0.3) is 0 Å². The first-order chi connectivity index (χ1) is 8.54. The Morgan fingerprint density at radius 2 is 2.00 bits per heavy atom. The lowest BCUT2D eigenvalue weighted by Gasteiger charge is -2.26. The van der Waals surface area contributed by atoms with Crippen molar-refractivity contribution in [1.82, 2.24) is 10.3 Å². The van der Waals surface area contributed by atoms with Crippen molar-refractivity contribution < 1.29 is 9.90 Å². The van der Waals surface area contributed by atoms with Gasteiger partial charge in [0.2, 0.25) is 0 Å². The number of amides is 1. The highest BCUT2D eigenvalue weighted by atomic mass is 35.5. The number of aliphatic hydroxyl groups is 1. The Balaban J connectivity index is 2.02. The summed E-state index contributed by atoms with van der Waals surface area (Å²) in [4.78, 5) is 15.8. The van der Waals surface area contributed by atoms with E-state index in [-0.39, 0.29) is 28.4 Å². The molecule has 4 nitrogen and oxygen atoms in total. The van der Waals surface area contributed by atoms with E-state index in [4.69, 9.17) is 23.2 Å². The van der Waals surface area contributed by atoms with Crippen molar-refractivity contribution >= 4 is 29.1 Å². The summed E-state index contributed by atoms with van der Waals surface area (Å²) >= 11 is 11.5. The van der Waals surface area contributed by atoms with Crippen LogP contribution in [-0.2, 0) is 0 Å². The predicted octanol–water partition coefficient (Wildman–Crippen LogP) is 2.42. The highest BCUT2D eigenvalue weighted by Gasteiger charge is 2.22. The first kappa shape index (κ1) is 13.6. The van der Waals surface area contributed by atoms with Gasteiger partial charge in [0.15, 0.2) is 0 Å². The number of halogens is 2. The number of nitrogens with one attached hydrogen (secondary N) is 1. The van der Waals surface area contributed by atoms with Gasteiger partial charge in [0.1, 0.15) is 10.3 Å². The molecule has 1 aliphatic rings. The Labute approximate surface area is 115 Å². The van der Waals surface area contributed by atoms with E-state index in [9.17, 15) is 9.90 Å². The van der Waals surface area contributed by atoms with Crippen molar-refractivity contribution in [3.63, 3.8) is 0 Å². The maximum atomic E-state index is 12.0. The minimum Gasteiger partial charge on any atom is -0.393 e. The first-order valence-electron chi connectivity index (χ1n) is 5.86. The van der Waals surface area contributed by atoms with Crippen LogP contribution in [0.5, 0.6) is 0 Å². The summed E-state index contributed by atoms with van der Waals surface area (Å²) in [5.41, 5.74) is 0.389. The van der Waals surface area contributed by atoms with Gasteiger partial charge in [-0.2, -0.15) is 0 Å². The molecular formula is C12H14Cl2N2O2. The Kier molecular flexibility index (Phi) is 4.43. The average molecular weight is 289 g/mol. The second kappa shape index (κ2) is 5.87. The van der Waals surface area contributed by atoms with Crippen molar-refractivity contribution in [1.29, 1.82) is 0 Å². The Hall–Kier alpha value is -0.840. The van der Waals surface area contributed by atoms with Gasteiger partial charge in [-0.15, -0.1) is 0 Å². The molecule has 1 fully saturated rings. The summed E-state index contributed by atoms with van der Waals surface area (Å²) in [6.45, 7) is 0. The average Bonchev–Trinajstić information content (AvgIpc) is 2.27. The van der Waals surface area contributed by atoms with E-state index in [1.165, 1.54) is 12.1 Å². The summed E-state index contributed by atoms with van der Waals surface area (Å²) in [7, 11) is 0. The van der Waals surface area contributed by atoms with Crippen molar-refractivity contribution in [2.45, 2.75) is 37.8 Å². The molecule has 1 saturated carbocycles. The molecule has 0 bridgehead atoms. The molecule has 2 N–H and O–H groups in total. The zero-order valence-corrected chi connectivity index (χ0v) is 11.2. The molecular weight excluding hydrogens is 275 g/mol. The molecule has 2 atom stereocenters. The smallest absolute Gasteiger partial charge is 0.251 e. The Morgan fingerprint density at radius 1 is 1.33 bits per heavy atom. The molecule has 1 amide bonds. The van der Waals surface area contributed by atoms with Gasteiger partial charge in [-0.3, -0.25) is 4.79 Å². The van der Waals surface area contributed by atoms with Gasteiger partial charge in [-0.25, -0.2) is 4.98 Å². The minimum absolute atomic E-state index is 0.00645. The maximum absolute atomic E-state index is 12.0. The van der Waals surface area contributed by atoms with Crippen LogP contribution in [-0.4, -0.2) is 28.1 Å². The SMILES string of the molecule is O=C(NC1CCCC(O)C1)c1cc(Cl)nc(Cl)c1. The number of pyridine rings is 1. The van der Waals surface area contributed by atoms with Gasteiger partial charge in [-0.05, 0) is 37.8 Å². The Bertz CT molecular complexity index is 433. The number of aromatic nitrogens is 1. The molecule has 0 radical (unpaired) electrons. The van der Waals surface area contributed by atoms with E-state index < -0.39 is 0 Å². The molecule has 0 saturated heterocycles. The van der Waals surface area contributed by atoms with E-state index in [0.717, 1.165) is 19.3 Å². The lowest BCUT2D eigenvalue weighted by atomic mass is 9.93. The molecule has 1 aromatic rings. The fourth-order valence-electron chi connectivity index (χ4n) is 2.16. The maximum Gasteiger partial charge on any atom is 0.251 e. The monoisotopic (exact) mass is 288 g/mol. The summed E-state index contributed by atoms with van der Waals surface area (Å²) in [5.74, 6) is -0.236. The number of nitrogens with zero attached hydrogens (tertiary/aromatic N) is 1. The van der Waals surface area contributed by atoms with Gasteiger partial charge < -0.3 is 10.4 Å².